The van der Waals surface area contributed by atoms with Crippen LogP contribution in [0.4, 0.5) is 0 Å². The van der Waals surface area contributed by atoms with Gasteiger partial charge in [-0.25, -0.2) is 0 Å². The molecule has 0 aliphatic carbocycles. The van der Waals surface area contributed by atoms with E-state index in [4.69, 9.17) is 10.2 Å². The summed E-state index contributed by atoms with van der Waals surface area (Å²) in [5.74, 6) is 0.865. The lowest BCUT2D eigenvalue weighted by Crippen LogP contribution is -2.02. The normalized spacial score (nSPS) is 10.4. The molecule has 0 aliphatic rings. The highest BCUT2D eigenvalue weighted by Crippen LogP contribution is 2.15. The van der Waals surface area contributed by atoms with Crippen molar-refractivity contribution >= 4 is 5.78 Å². The van der Waals surface area contributed by atoms with E-state index in [1.165, 1.54) is 0 Å². The SMILES string of the molecule is Cc1ccccc1C(=O)c1ccc(CN)o1. The van der Waals surface area contributed by atoms with Crippen LogP contribution in [0, 0.1) is 6.92 Å². The topological polar surface area (TPSA) is 56.2 Å². The molecule has 0 bridgehead atoms. The van der Waals surface area contributed by atoms with Crippen molar-refractivity contribution in [3.63, 3.8) is 0 Å². The highest BCUT2D eigenvalue weighted by Gasteiger charge is 2.14. The second kappa shape index (κ2) is 4.33. The molecule has 3 heteroatoms. The zero-order valence-corrected chi connectivity index (χ0v) is 9.07. The molecule has 0 aliphatic heterocycles. The summed E-state index contributed by atoms with van der Waals surface area (Å²) in [6, 6.07) is 10.8. The molecule has 82 valence electrons. The van der Waals surface area contributed by atoms with E-state index < -0.39 is 0 Å². The fourth-order valence-corrected chi connectivity index (χ4v) is 1.57. The van der Waals surface area contributed by atoms with Crippen LogP contribution in [0.15, 0.2) is 40.8 Å². The highest BCUT2D eigenvalue weighted by molar-refractivity contribution is 6.08. The smallest absolute Gasteiger partial charge is 0.228 e. The fraction of sp³-hybridized carbons (Fsp3) is 0.154. The summed E-state index contributed by atoms with van der Waals surface area (Å²) < 4.78 is 5.33. The van der Waals surface area contributed by atoms with E-state index in [9.17, 15) is 4.79 Å². The standard InChI is InChI=1S/C13H13NO2/c1-9-4-2-3-5-11(9)13(15)12-7-6-10(8-14)16-12/h2-7H,8,14H2,1H3. The molecule has 1 aromatic heterocycles. The Morgan fingerprint density at radius 2 is 2.00 bits per heavy atom. The van der Waals surface area contributed by atoms with E-state index in [0.717, 1.165) is 5.56 Å². The Morgan fingerprint density at radius 3 is 2.62 bits per heavy atom. The van der Waals surface area contributed by atoms with Crippen molar-refractivity contribution in [3.8, 4) is 0 Å². The average Bonchev–Trinajstić information content (AvgIpc) is 2.77. The van der Waals surface area contributed by atoms with Crippen LogP contribution in [0.3, 0.4) is 0 Å². The molecule has 0 spiro atoms. The third-order valence-corrected chi connectivity index (χ3v) is 2.48. The van der Waals surface area contributed by atoms with Gasteiger partial charge in [-0.1, -0.05) is 24.3 Å². The van der Waals surface area contributed by atoms with Crippen molar-refractivity contribution in [2.45, 2.75) is 13.5 Å². The van der Waals surface area contributed by atoms with E-state index in [2.05, 4.69) is 0 Å². The summed E-state index contributed by atoms with van der Waals surface area (Å²) in [5, 5.41) is 0. The Labute approximate surface area is 93.9 Å². The molecule has 1 heterocycles. The molecular formula is C13H13NO2. The molecule has 16 heavy (non-hydrogen) atoms. The maximum Gasteiger partial charge on any atom is 0.228 e. The number of aryl methyl sites for hydroxylation is 1. The number of benzene rings is 1. The molecule has 0 saturated carbocycles. The maximum absolute atomic E-state index is 12.1. The van der Waals surface area contributed by atoms with Crippen LogP contribution in [0.1, 0.15) is 27.4 Å². The minimum atomic E-state index is -0.0993. The van der Waals surface area contributed by atoms with E-state index in [1.54, 1.807) is 18.2 Å². The lowest BCUT2D eigenvalue weighted by molar-refractivity contribution is 0.101. The molecule has 3 nitrogen and oxygen atoms in total. The van der Waals surface area contributed by atoms with Gasteiger partial charge >= 0.3 is 0 Å². The lowest BCUT2D eigenvalue weighted by atomic mass is 10.0. The van der Waals surface area contributed by atoms with E-state index in [-0.39, 0.29) is 5.78 Å². The Morgan fingerprint density at radius 1 is 1.25 bits per heavy atom. The van der Waals surface area contributed by atoms with Gasteiger partial charge in [-0.3, -0.25) is 4.79 Å². The first-order chi connectivity index (χ1) is 7.72. The van der Waals surface area contributed by atoms with Crippen LogP contribution >= 0.6 is 0 Å². The molecule has 0 amide bonds. The van der Waals surface area contributed by atoms with Crippen molar-refractivity contribution in [2.24, 2.45) is 5.73 Å². The minimum absolute atomic E-state index is 0.0993. The first-order valence-corrected chi connectivity index (χ1v) is 5.11. The molecule has 2 rings (SSSR count). The first kappa shape index (κ1) is 10.6. The highest BCUT2D eigenvalue weighted by atomic mass is 16.3. The predicted octanol–water partition coefficient (Wildman–Crippen LogP) is 2.28. The Bertz CT molecular complexity index is 514. The third-order valence-electron chi connectivity index (χ3n) is 2.48. The predicted molar refractivity (Wildman–Crippen MR) is 61.2 cm³/mol. The van der Waals surface area contributed by atoms with Gasteiger partial charge < -0.3 is 10.2 Å². The van der Waals surface area contributed by atoms with Gasteiger partial charge in [0.2, 0.25) is 5.78 Å². The maximum atomic E-state index is 12.1. The molecule has 2 aromatic rings. The summed E-state index contributed by atoms with van der Waals surface area (Å²) in [7, 11) is 0. The van der Waals surface area contributed by atoms with E-state index >= 15 is 0 Å². The molecule has 0 unspecified atom stereocenters. The Balaban J connectivity index is 2.35. The second-order valence-corrected chi connectivity index (χ2v) is 3.61. The fourth-order valence-electron chi connectivity index (χ4n) is 1.57. The van der Waals surface area contributed by atoms with Crippen molar-refractivity contribution in [1.82, 2.24) is 0 Å². The quantitative estimate of drug-likeness (QED) is 0.799. The number of carbonyl (C=O) groups is 1. The van der Waals surface area contributed by atoms with Crippen LogP contribution in [-0.2, 0) is 6.54 Å². The third kappa shape index (κ3) is 1.90. The van der Waals surface area contributed by atoms with Crippen molar-refractivity contribution in [1.29, 1.82) is 0 Å². The zero-order chi connectivity index (χ0) is 11.5. The molecular weight excluding hydrogens is 202 g/mol. The Hall–Kier alpha value is -1.87. The molecule has 2 N–H and O–H groups in total. The number of furan rings is 1. The van der Waals surface area contributed by atoms with Gasteiger partial charge in [0.05, 0.1) is 6.54 Å². The van der Waals surface area contributed by atoms with Crippen LogP contribution in [0.2, 0.25) is 0 Å². The van der Waals surface area contributed by atoms with Crippen LogP contribution in [0.25, 0.3) is 0 Å². The second-order valence-electron chi connectivity index (χ2n) is 3.61. The van der Waals surface area contributed by atoms with Gasteiger partial charge in [-0.15, -0.1) is 0 Å². The number of rotatable bonds is 3. The summed E-state index contributed by atoms with van der Waals surface area (Å²) in [4.78, 5) is 12.1. The molecule has 1 aromatic carbocycles. The summed E-state index contributed by atoms with van der Waals surface area (Å²) in [6.45, 7) is 2.21. The van der Waals surface area contributed by atoms with Gasteiger partial charge in [-0.05, 0) is 24.6 Å². The monoisotopic (exact) mass is 215 g/mol. The number of carbonyl (C=O) groups excluding carboxylic acids is 1. The van der Waals surface area contributed by atoms with Crippen LogP contribution in [-0.4, -0.2) is 5.78 Å². The summed E-state index contributed by atoms with van der Waals surface area (Å²) in [5.41, 5.74) is 7.04. The first-order valence-electron chi connectivity index (χ1n) is 5.11. The largest absolute Gasteiger partial charge is 0.456 e. The van der Waals surface area contributed by atoms with E-state index in [0.29, 0.717) is 23.6 Å². The van der Waals surface area contributed by atoms with Gasteiger partial charge in [-0.2, -0.15) is 0 Å². The van der Waals surface area contributed by atoms with E-state index in [1.807, 2.05) is 25.1 Å². The van der Waals surface area contributed by atoms with Crippen molar-refractivity contribution in [2.75, 3.05) is 0 Å². The minimum Gasteiger partial charge on any atom is -0.456 e. The summed E-state index contributed by atoms with van der Waals surface area (Å²) in [6.07, 6.45) is 0. The molecule has 0 atom stereocenters. The Kier molecular flexibility index (Phi) is 2.88. The van der Waals surface area contributed by atoms with Gasteiger partial charge in [0, 0.05) is 5.56 Å². The lowest BCUT2D eigenvalue weighted by Gasteiger charge is -2.01. The van der Waals surface area contributed by atoms with Gasteiger partial charge in [0.15, 0.2) is 5.76 Å². The van der Waals surface area contributed by atoms with Gasteiger partial charge in [0.1, 0.15) is 5.76 Å². The van der Waals surface area contributed by atoms with Crippen LogP contribution < -0.4 is 5.73 Å². The number of hydrogen-bond donors (Lipinski definition) is 1. The molecule has 0 fully saturated rings. The number of nitrogens with two attached hydrogens (primary N) is 1. The van der Waals surface area contributed by atoms with Crippen molar-refractivity contribution in [3.05, 3.63) is 59.0 Å². The number of ketones is 1. The average molecular weight is 215 g/mol. The molecule has 0 radical (unpaired) electrons. The van der Waals surface area contributed by atoms with Gasteiger partial charge in [0.25, 0.3) is 0 Å². The molecule has 0 saturated heterocycles. The summed E-state index contributed by atoms with van der Waals surface area (Å²) >= 11 is 0. The number of hydrogen-bond acceptors (Lipinski definition) is 3. The van der Waals surface area contributed by atoms with Crippen molar-refractivity contribution < 1.29 is 9.21 Å². The zero-order valence-electron chi connectivity index (χ0n) is 9.07. The van der Waals surface area contributed by atoms with Crippen LogP contribution in [0.5, 0.6) is 0 Å².